The van der Waals surface area contributed by atoms with Gasteiger partial charge in [0.15, 0.2) is 17.3 Å². The predicted molar refractivity (Wildman–Crippen MR) is 122 cm³/mol. The lowest BCUT2D eigenvalue weighted by Crippen LogP contribution is -2.36. The number of nitrogens with zero attached hydrogens (tertiary/aromatic N) is 3. The number of rotatable bonds is 7. The van der Waals surface area contributed by atoms with Gasteiger partial charge in [0.05, 0.1) is 14.2 Å². The van der Waals surface area contributed by atoms with Gasteiger partial charge in [-0.05, 0) is 36.0 Å². The molecule has 2 aliphatic rings. The largest absolute Gasteiger partial charge is 0.493 e. The van der Waals surface area contributed by atoms with Gasteiger partial charge < -0.3 is 14.8 Å². The number of carbonyl (C=O) groups is 1. The summed E-state index contributed by atoms with van der Waals surface area (Å²) >= 11 is 1.65. The minimum absolute atomic E-state index is 0.0913. The standard InChI is InChI=1S/C23H30N4O3S/c1-6-7-10-31-22-25-21-24-15-12-23(2,3)13-16(28)19(15)20(27(21)26-22)14-8-9-17(29-4)18(11-14)30-5/h8-9,11,20H,6-7,10,12-13H2,1-5H3,(H,24,25,26). The second-order valence-corrected chi connectivity index (χ2v) is 9.90. The third-order valence-corrected chi connectivity index (χ3v) is 6.69. The van der Waals surface area contributed by atoms with E-state index in [1.165, 1.54) is 0 Å². The van der Waals surface area contributed by atoms with Crippen molar-refractivity contribution in [1.82, 2.24) is 14.8 Å². The molecule has 1 aromatic carbocycles. The van der Waals surface area contributed by atoms with E-state index in [4.69, 9.17) is 19.6 Å². The van der Waals surface area contributed by atoms with Gasteiger partial charge in [0.25, 0.3) is 0 Å². The zero-order chi connectivity index (χ0) is 22.2. The summed E-state index contributed by atoms with van der Waals surface area (Å²) < 4.78 is 12.8. The van der Waals surface area contributed by atoms with Gasteiger partial charge in [-0.1, -0.05) is 45.0 Å². The molecule has 0 fully saturated rings. The Bertz CT molecular complexity index is 1030. The maximum absolute atomic E-state index is 13.3. The normalized spacial score (nSPS) is 19.5. The SMILES string of the molecule is CCCCSc1nc2n(n1)C(c1ccc(OC)c(OC)c1)C1=C(CC(C)(C)CC1=O)N2. The Labute approximate surface area is 187 Å². The zero-order valence-electron chi connectivity index (χ0n) is 18.8. The third kappa shape index (κ3) is 4.18. The summed E-state index contributed by atoms with van der Waals surface area (Å²) in [6.07, 6.45) is 3.55. The molecule has 1 atom stereocenters. The van der Waals surface area contributed by atoms with Crippen molar-refractivity contribution in [2.24, 2.45) is 5.41 Å². The van der Waals surface area contributed by atoms with Gasteiger partial charge in [-0.3, -0.25) is 4.79 Å². The molecule has 2 heterocycles. The van der Waals surface area contributed by atoms with Crippen molar-refractivity contribution in [2.45, 2.75) is 57.7 Å². The number of aromatic nitrogens is 3. The van der Waals surface area contributed by atoms with E-state index in [0.29, 0.717) is 23.9 Å². The number of hydrogen-bond donors (Lipinski definition) is 1. The molecular weight excluding hydrogens is 412 g/mol. The first-order valence-corrected chi connectivity index (χ1v) is 11.7. The minimum Gasteiger partial charge on any atom is -0.493 e. The highest BCUT2D eigenvalue weighted by Gasteiger charge is 2.42. The smallest absolute Gasteiger partial charge is 0.227 e. The van der Waals surface area contributed by atoms with Crippen LogP contribution in [-0.2, 0) is 4.79 Å². The summed E-state index contributed by atoms with van der Waals surface area (Å²) in [6.45, 7) is 6.44. The monoisotopic (exact) mass is 442 g/mol. The molecule has 166 valence electrons. The Kier molecular flexibility index (Phi) is 6.01. The second-order valence-electron chi connectivity index (χ2n) is 8.84. The van der Waals surface area contributed by atoms with E-state index >= 15 is 0 Å². The molecule has 4 rings (SSSR count). The first kappa shape index (κ1) is 21.7. The number of ether oxygens (including phenoxy) is 2. The van der Waals surface area contributed by atoms with Crippen molar-refractivity contribution in [2.75, 3.05) is 25.3 Å². The number of allylic oxidation sites excluding steroid dienone is 2. The van der Waals surface area contributed by atoms with E-state index in [1.807, 2.05) is 22.9 Å². The van der Waals surface area contributed by atoms with Crippen molar-refractivity contribution < 1.29 is 14.3 Å². The third-order valence-electron chi connectivity index (χ3n) is 5.76. The van der Waals surface area contributed by atoms with Crippen LogP contribution in [0.3, 0.4) is 0 Å². The van der Waals surface area contributed by atoms with Crippen LogP contribution in [-0.4, -0.2) is 40.5 Å². The molecule has 1 aliphatic heterocycles. The number of fused-ring (bicyclic) bond motifs is 1. The van der Waals surface area contributed by atoms with Gasteiger partial charge in [0.2, 0.25) is 11.1 Å². The number of thioether (sulfide) groups is 1. The van der Waals surface area contributed by atoms with Crippen molar-refractivity contribution in [3.8, 4) is 11.5 Å². The molecule has 0 bridgehead atoms. The molecule has 7 nitrogen and oxygen atoms in total. The second kappa shape index (κ2) is 8.57. The summed E-state index contributed by atoms with van der Waals surface area (Å²) in [4.78, 5) is 18.1. The molecule has 0 saturated heterocycles. The van der Waals surface area contributed by atoms with Crippen LogP contribution in [0.1, 0.15) is 58.1 Å². The van der Waals surface area contributed by atoms with Gasteiger partial charge >= 0.3 is 0 Å². The molecule has 2 aromatic rings. The summed E-state index contributed by atoms with van der Waals surface area (Å²) in [5.74, 6) is 3.09. The molecule has 1 aromatic heterocycles. The fourth-order valence-electron chi connectivity index (χ4n) is 4.29. The highest BCUT2D eigenvalue weighted by atomic mass is 32.2. The molecular formula is C23H30N4O3S. The van der Waals surface area contributed by atoms with Crippen LogP contribution in [0.5, 0.6) is 11.5 Å². The van der Waals surface area contributed by atoms with Crippen molar-refractivity contribution in [3.05, 3.63) is 35.0 Å². The maximum atomic E-state index is 13.3. The summed E-state index contributed by atoms with van der Waals surface area (Å²) in [6, 6.07) is 5.44. The number of nitrogens with one attached hydrogen (secondary N) is 1. The van der Waals surface area contributed by atoms with E-state index in [1.54, 1.807) is 26.0 Å². The Morgan fingerprint density at radius 1 is 1.23 bits per heavy atom. The Morgan fingerprint density at radius 3 is 2.71 bits per heavy atom. The lowest BCUT2D eigenvalue weighted by molar-refractivity contribution is -0.118. The van der Waals surface area contributed by atoms with E-state index in [9.17, 15) is 4.79 Å². The fraction of sp³-hybridized carbons (Fsp3) is 0.522. The van der Waals surface area contributed by atoms with Crippen LogP contribution in [0.4, 0.5) is 5.95 Å². The highest BCUT2D eigenvalue weighted by molar-refractivity contribution is 7.99. The number of ketones is 1. The first-order valence-electron chi connectivity index (χ1n) is 10.7. The number of unbranched alkanes of at least 4 members (excludes halogenated alkanes) is 1. The van der Waals surface area contributed by atoms with E-state index in [0.717, 1.165) is 47.0 Å². The molecule has 0 saturated carbocycles. The average Bonchev–Trinajstić information content (AvgIpc) is 3.13. The number of benzene rings is 1. The van der Waals surface area contributed by atoms with Crippen LogP contribution in [0, 0.1) is 5.41 Å². The van der Waals surface area contributed by atoms with E-state index < -0.39 is 0 Å². The molecule has 1 unspecified atom stereocenters. The first-order chi connectivity index (χ1) is 14.9. The zero-order valence-corrected chi connectivity index (χ0v) is 19.6. The van der Waals surface area contributed by atoms with Crippen LogP contribution >= 0.6 is 11.8 Å². The molecule has 1 aliphatic carbocycles. The minimum atomic E-state index is -0.345. The van der Waals surface area contributed by atoms with Crippen molar-refractivity contribution in [1.29, 1.82) is 0 Å². The van der Waals surface area contributed by atoms with Crippen LogP contribution in [0.25, 0.3) is 0 Å². The Balaban J connectivity index is 1.82. The van der Waals surface area contributed by atoms with E-state index in [2.05, 4.69) is 26.1 Å². The lowest BCUT2D eigenvalue weighted by Gasteiger charge is -2.38. The summed E-state index contributed by atoms with van der Waals surface area (Å²) in [5.41, 5.74) is 2.56. The molecule has 1 N–H and O–H groups in total. The van der Waals surface area contributed by atoms with Gasteiger partial charge in [-0.2, -0.15) is 4.98 Å². The molecule has 0 amide bonds. The number of Topliss-reactive ketones (excluding diaryl/α,β-unsaturated/α-hetero) is 1. The summed E-state index contributed by atoms with van der Waals surface area (Å²) in [7, 11) is 3.23. The fourth-order valence-corrected chi connectivity index (χ4v) is 5.20. The number of carbonyl (C=O) groups excluding carboxylic acids is 1. The van der Waals surface area contributed by atoms with Crippen LogP contribution in [0.15, 0.2) is 34.6 Å². The van der Waals surface area contributed by atoms with Gasteiger partial charge in [0.1, 0.15) is 6.04 Å². The Morgan fingerprint density at radius 2 is 2.00 bits per heavy atom. The quantitative estimate of drug-likeness (QED) is 0.485. The number of methoxy groups -OCH3 is 2. The van der Waals surface area contributed by atoms with E-state index in [-0.39, 0.29) is 17.2 Å². The van der Waals surface area contributed by atoms with Crippen molar-refractivity contribution >= 4 is 23.5 Å². The molecule has 0 radical (unpaired) electrons. The van der Waals surface area contributed by atoms with Crippen LogP contribution < -0.4 is 14.8 Å². The topological polar surface area (TPSA) is 78.3 Å². The van der Waals surface area contributed by atoms with Gasteiger partial charge in [-0.15, -0.1) is 5.10 Å². The number of hydrogen-bond acceptors (Lipinski definition) is 7. The van der Waals surface area contributed by atoms with Gasteiger partial charge in [-0.25, -0.2) is 4.68 Å². The molecule has 31 heavy (non-hydrogen) atoms. The Hall–Kier alpha value is -2.48. The molecule has 8 heteroatoms. The van der Waals surface area contributed by atoms with Crippen molar-refractivity contribution in [3.63, 3.8) is 0 Å². The predicted octanol–water partition coefficient (Wildman–Crippen LogP) is 4.85. The summed E-state index contributed by atoms with van der Waals surface area (Å²) in [5, 5.41) is 8.94. The molecule has 0 spiro atoms. The lowest BCUT2D eigenvalue weighted by atomic mass is 9.73. The highest BCUT2D eigenvalue weighted by Crippen LogP contribution is 2.46. The number of anilines is 1. The van der Waals surface area contributed by atoms with Crippen LogP contribution in [0.2, 0.25) is 0 Å². The average molecular weight is 443 g/mol. The maximum Gasteiger partial charge on any atom is 0.227 e. The van der Waals surface area contributed by atoms with Gasteiger partial charge in [0, 0.05) is 23.4 Å².